The Labute approximate surface area is 121 Å². The summed E-state index contributed by atoms with van der Waals surface area (Å²) in [4.78, 5) is 18.2. The second-order valence-corrected chi connectivity index (χ2v) is 4.41. The molecule has 0 aromatic heterocycles. The van der Waals surface area contributed by atoms with Gasteiger partial charge in [-0.1, -0.05) is 6.07 Å². The van der Waals surface area contributed by atoms with E-state index in [0.29, 0.717) is 18.5 Å². The molecule has 0 atom stereocenters. The number of carboxylic acids is 2. The summed E-state index contributed by atoms with van der Waals surface area (Å²) in [7, 11) is 0. The summed E-state index contributed by atoms with van der Waals surface area (Å²) >= 11 is 0. The minimum atomic E-state index is -1.82. The van der Waals surface area contributed by atoms with Gasteiger partial charge in [0.05, 0.1) is 5.69 Å². The van der Waals surface area contributed by atoms with Crippen LogP contribution in [0.25, 0.3) is 5.57 Å². The van der Waals surface area contributed by atoms with Crippen molar-refractivity contribution in [2.75, 3.05) is 6.54 Å². The summed E-state index contributed by atoms with van der Waals surface area (Å²) in [6, 6.07) is 3.26. The fourth-order valence-corrected chi connectivity index (χ4v) is 1.97. The first-order valence-electron chi connectivity index (χ1n) is 6.16. The highest BCUT2D eigenvalue weighted by molar-refractivity contribution is 6.27. The van der Waals surface area contributed by atoms with Crippen LogP contribution in [0.3, 0.4) is 0 Å². The number of halogens is 1. The van der Waals surface area contributed by atoms with Crippen LogP contribution in [0.4, 0.5) is 10.1 Å². The zero-order chi connectivity index (χ0) is 16.2. The van der Waals surface area contributed by atoms with Crippen molar-refractivity contribution in [2.24, 2.45) is 5.73 Å². The van der Waals surface area contributed by atoms with Crippen molar-refractivity contribution in [3.8, 4) is 0 Å². The van der Waals surface area contributed by atoms with Gasteiger partial charge in [-0.2, -0.15) is 0 Å². The molecule has 1 radical (unpaired) electrons. The zero-order valence-corrected chi connectivity index (χ0v) is 11.7. The molecule has 0 spiro atoms. The molecular formula is C14H16FN2O4. The van der Waals surface area contributed by atoms with Gasteiger partial charge in [-0.05, 0) is 44.0 Å². The van der Waals surface area contributed by atoms with E-state index in [4.69, 9.17) is 25.5 Å². The second-order valence-electron chi connectivity index (χ2n) is 4.41. The molecule has 0 aliphatic carbocycles. The summed E-state index contributed by atoms with van der Waals surface area (Å²) in [5.74, 6) is -3.84. The first-order valence-corrected chi connectivity index (χ1v) is 6.16. The molecule has 1 heterocycles. The SMILES string of the molecule is CC1=C(CCN)c2c(F)ccc(C)c2[N]1.O=C(O)C(=O)O. The quantitative estimate of drug-likeness (QED) is 0.717. The Morgan fingerprint density at radius 3 is 2.29 bits per heavy atom. The molecular weight excluding hydrogens is 279 g/mol. The van der Waals surface area contributed by atoms with Crippen molar-refractivity contribution < 1.29 is 24.2 Å². The first-order chi connectivity index (χ1) is 9.79. The van der Waals surface area contributed by atoms with Crippen LogP contribution in [0.1, 0.15) is 24.5 Å². The molecule has 0 bridgehead atoms. The average Bonchev–Trinajstić information content (AvgIpc) is 2.74. The van der Waals surface area contributed by atoms with Crippen molar-refractivity contribution in [3.05, 3.63) is 34.8 Å². The van der Waals surface area contributed by atoms with Gasteiger partial charge in [0, 0.05) is 11.3 Å². The molecule has 0 unspecified atom stereocenters. The third-order valence-corrected chi connectivity index (χ3v) is 2.92. The number of hydrogen-bond acceptors (Lipinski definition) is 3. The molecule has 2 rings (SSSR count). The van der Waals surface area contributed by atoms with Gasteiger partial charge in [-0.3, -0.25) is 5.32 Å². The third-order valence-electron chi connectivity index (χ3n) is 2.92. The Morgan fingerprint density at radius 1 is 1.24 bits per heavy atom. The molecule has 0 saturated carbocycles. The number of aryl methyl sites for hydroxylation is 1. The Bertz CT molecular complexity index is 599. The molecule has 0 amide bonds. The van der Waals surface area contributed by atoms with Gasteiger partial charge in [-0.15, -0.1) is 0 Å². The normalized spacial score (nSPS) is 12.2. The highest BCUT2D eigenvalue weighted by atomic mass is 19.1. The molecule has 0 saturated heterocycles. The number of rotatable bonds is 2. The van der Waals surface area contributed by atoms with Gasteiger partial charge in [0.1, 0.15) is 5.82 Å². The molecule has 0 fully saturated rings. The highest BCUT2D eigenvalue weighted by Gasteiger charge is 2.24. The third kappa shape index (κ3) is 3.79. The van der Waals surface area contributed by atoms with Crippen molar-refractivity contribution in [2.45, 2.75) is 20.3 Å². The van der Waals surface area contributed by atoms with Gasteiger partial charge < -0.3 is 15.9 Å². The van der Waals surface area contributed by atoms with E-state index in [9.17, 15) is 4.39 Å². The molecule has 1 aromatic rings. The number of nitrogens with zero attached hydrogens (tertiary/aromatic N) is 1. The number of carboxylic acid groups (broad SMARTS) is 2. The minimum absolute atomic E-state index is 0.195. The van der Waals surface area contributed by atoms with Crippen LogP contribution < -0.4 is 11.1 Å². The predicted octanol–water partition coefficient (Wildman–Crippen LogP) is 1.62. The largest absolute Gasteiger partial charge is 0.473 e. The molecule has 4 N–H and O–H groups in total. The van der Waals surface area contributed by atoms with E-state index in [1.807, 2.05) is 13.8 Å². The first kappa shape index (κ1) is 16.6. The maximum atomic E-state index is 13.7. The maximum absolute atomic E-state index is 13.7. The zero-order valence-electron chi connectivity index (χ0n) is 11.7. The lowest BCUT2D eigenvalue weighted by Gasteiger charge is -2.06. The maximum Gasteiger partial charge on any atom is 0.414 e. The highest BCUT2D eigenvalue weighted by Crippen LogP contribution is 2.39. The molecule has 113 valence electrons. The molecule has 1 aliphatic rings. The Hall–Kier alpha value is -2.41. The van der Waals surface area contributed by atoms with Gasteiger partial charge in [0.25, 0.3) is 0 Å². The number of benzene rings is 1. The lowest BCUT2D eigenvalue weighted by molar-refractivity contribution is -0.159. The lowest BCUT2D eigenvalue weighted by atomic mass is 10.00. The van der Waals surface area contributed by atoms with Gasteiger partial charge >= 0.3 is 11.9 Å². The number of allylic oxidation sites excluding steroid dienone is 1. The molecule has 21 heavy (non-hydrogen) atoms. The average molecular weight is 295 g/mol. The number of nitrogens with two attached hydrogens (primary N) is 1. The van der Waals surface area contributed by atoms with Crippen molar-refractivity contribution >= 4 is 23.2 Å². The van der Waals surface area contributed by atoms with Crippen LogP contribution in [-0.4, -0.2) is 28.7 Å². The predicted molar refractivity (Wildman–Crippen MR) is 74.5 cm³/mol. The standard InChI is InChI=1S/C12H14FN2.C2H2O4/c1-7-3-4-10(13)11-9(5-6-14)8(2)15-12(7)11;3-1(4)2(5)6/h3-4H,5-6,14H2,1-2H3;(H,3,4)(H,5,6). The van der Waals surface area contributed by atoms with Crippen LogP contribution in [-0.2, 0) is 9.59 Å². The Balaban J connectivity index is 0.000000315. The Morgan fingerprint density at radius 2 is 1.81 bits per heavy atom. The fraction of sp³-hybridized carbons (Fsp3) is 0.286. The van der Waals surface area contributed by atoms with E-state index in [1.54, 1.807) is 6.07 Å². The van der Waals surface area contributed by atoms with E-state index in [0.717, 1.165) is 22.5 Å². The lowest BCUT2D eigenvalue weighted by Crippen LogP contribution is -2.09. The topological polar surface area (TPSA) is 115 Å². The van der Waals surface area contributed by atoms with Gasteiger partial charge in [0.15, 0.2) is 0 Å². The molecule has 7 heteroatoms. The summed E-state index contributed by atoms with van der Waals surface area (Å²) in [6.45, 7) is 4.37. The van der Waals surface area contributed by atoms with Crippen LogP contribution in [0.5, 0.6) is 0 Å². The summed E-state index contributed by atoms with van der Waals surface area (Å²) in [6.07, 6.45) is 0.683. The van der Waals surface area contributed by atoms with Crippen molar-refractivity contribution in [1.29, 1.82) is 0 Å². The van der Waals surface area contributed by atoms with E-state index >= 15 is 0 Å². The van der Waals surface area contributed by atoms with Crippen LogP contribution >= 0.6 is 0 Å². The van der Waals surface area contributed by atoms with Crippen LogP contribution in [0, 0.1) is 12.7 Å². The smallest absolute Gasteiger partial charge is 0.414 e. The summed E-state index contributed by atoms with van der Waals surface area (Å²) in [5, 5.41) is 19.2. The van der Waals surface area contributed by atoms with Gasteiger partial charge in [0.2, 0.25) is 0 Å². The molecule has 1 aromatic carbocycles. The van der Waals surface area contributed by atoms with E-state index in [-0.39, 0.29) is 5.82 Å². The summed E-state index contributed by atoms with van der Waals surface area (Å²) in [5.41, 5.74) is 9.80. The van der Waals surface area contributed by atoms with Crippen LogP contribution in [0.15, 0.2) is 17.8 Å². The number of fused-ring (bicyclic) bond motifs is 1. The fourth-order valence-electron chi connectivity index (χ4n) is 1.97. The second kappa shape index (κ2) is 6.85. The number of carbonyl (C=O) groups is 2. The summed E-state index contributed by atoms with van der Waals surface area (Å²) < 4.78 is 13.7. The number of aliphatic carboxylic acids is 2. The van der Waals surface area contributed by atoms with E-state index in [2.05, 4.69) is 5.32 Å². The van der Waals surface area contributed by atoms with Crippen LogP contribution in [0.2, 0.25) is 0 Å². The molecule has 1 aliphatic heterocycles. The van der Waals surface area contributed by atoms with Gasteiger partial charge in [-0.25, -0.2) is 14.0 Å². The van der Waals surface area contributed by atoms with E-state index < -0.39 is 11.9 Å². The Kier molecular flexibility index (Phi) is 5.43. The van der Waals surface area contributed by atoms with E-state index in [1.165, 1.54) is 6.07 Å². The molecule has 6 nitrogen and oxygen atoms in total. The van der Waals surface area contributed by atoms with Crippen molar-refractivity contribution in [3.63, 3.8) is 0 Å². The van der Waals surface area contributed by atoms with Crippen molar-refractivity contribution in [1.82, 2.24) is 5.32 Å². The number of hydrogen-bond donors (Lipinski definition) is 3. The minimum Gasteiger partial charge on any atom is -0.473 e. The monoisotopic (exact) mass is 295 g/mol.